The van der Waals surface area contributed by atoms with Crippen LogP contribution < -0.4 is 5.73 Å². The van der Waals surface area contributed by atoms with E-state index in [1.807, 2.05) is 0 Å². The first kappa shape index (κ1) is 15.3. The molecule has 3 fully saturated rings. The van der Waals surface area contributed by atoms with Gasteiger partial charge >= 0.3 is 0 Å². The van der Waals surface area contributed by atoms with Crippen molar-refractivity contribution < 1.29 is 4.79 Å². The van der Waals surface area contributed by atoms with Gasteiger partial charge in [-0.2, -0.15) is 0 Å². The summed E-state index contributed by atoms with van der Waals surface area (Å²) in [5.41, 5.74) is 5.85. The predicted molar refractivity (Wildman–Crippen MR) is 85.0 cm³/mol. The zero-order chi connectivity index (χ0) is 14.7. The molecule has 0 spiro atoms. The third kappa shape index (κ3) is 3.11. The van der Waals surface area contributed by atoms with E-state index < -0.39 is 0 Å². The third-order valence-corrected chi connectivity index (χ3v) is 6.03. The fraction of sp³-hybridized carbons (Fsp3) is 0.941. The van der Waals surface area contributed by atoms with Gasteiger partial charge in [-0.3, -0.25) is 9.69 Å². The fourth-order valence-corrected chi connectivity index (χ4v) is 4.59. The highest BCUT2D eigenvalue weighted by atomic mass is 16.2. The van der Waals surface area contributed by atoms with Crippen LogP contribution in [0.25, 0.3) is 0 Å². The van der Waals surface area contributed by atoms with E-state index in [9.17, 15) is 4.79 Å². The third-order valence-electron chi connectivity index (χ3n) is 6.03. The highest BCUT2D eigenvalue weighted by Crippen LogP contribution is 2.37. The van der Waals surface area contributed by atoms with Crippen molar-refractivity contribution in [1.82, 2.24) is 9.80 Å². The van der Waals surface area contributed by atoms with Gasteiger partial charge in [-0.05, 0) is 32.2 Å². The lowest BCUT2D eigenvalue weighted by molar-refractivity contribution is -0.146. The van der Waals surface area contributed by atoms with Crippen LogP contribution in [-0.4, -0.2) is 54.5 Å². The molecule has 1 amide bonds. The Bertz CT molecular complexity index is 363. The Kier molecular flexibility index (Phi) is 4.85. The first-order valence-electron chi connectivity index (χ1n) is 8.99. The van der Waals surface area contributed by atoms with Gasteiger partial charge in [0, 0.05) is 32.2 Å². The number of piperazine rings is 1. The molecule has 0 bridgehead atoms. The van der Waals surface area contributed by atoms with Crippen molar-refractivity contribution in [3.05, 3.63) is 0 Å². The summed E-state index contributed by atoms with van der Waals surface area (Å²) in [5, 5.41) is 0. The van der Waals surface area contributed by atoms with Crippen LogP contribution >= 0.6 is 0 Å². The Labute approximate surface area is 129 Å². The van der Waals surface area contributed by atoms with Crippen molar-refractivity contribution in [3.8, 4) is 0 Å². The van der Waals surface area contributed by atoms with Crippen LogP contribution in [0.15, 0.2) is 0 Å². The molecule has 1 aliphatic carbocycles. The smallest absolute Gasteiger partial charge is 0.230 e. The Morgan fingerprint density at radius 3 is 2.48 bits per heavy atom. The molecule has 3 rings (SSSR count). The molecule has 1 atom stereocenters. The van der Waals surface area contributed by atoms with Gasteiger partial charge in [0.2, 0.25) is 5.91 Å². The molecule has 4 nitrogen and oxygen atoms in total. The molecular weight excluding hydrogens is 262 g/mol. The Hall–Kier alpha value is -0.610. The van der Waals surface area contributed by atoms with Crippen LogP contribution in [0.3, 0.4) is 0 Å². The monoisotopic (exact) mass is 293 g/mol. The van der Waals surface area contributed by atoms with Crippen LogP contribution in [0.1, 0.15) is 57.8 Å². The van der Waals surface area contributed by atoms with Crippen LogP contribution in [-0.2, 0) is 4.79 Å². The number of carbonyl (C=O) groups is 1. The van der Waals surface area contributed by atoms with Gasteiger partial charge < -0.3 is 10.6 Å². The normalized spacial score (nSPS) is 30.5. The number of amides is 1. The fourth-order valence-electron chi connectivity index (χ4n) is 4.59. The van der Waals surface area contributed by atoms with E-state index in [0.717, 1.165) is 32.5 Å². The van der Waals surface area contributed by atoms with Crippen LogP contribution in [0, 0.1) is 5.41 Å². The molecule has 0 aromatic rings. The molecule has 4 heteroatoms. The summed E-state index contributed by atoms with van der Waals surface area (Å²) in [6, 6.07) is 0.608. The number of nitrogens with zero attached hydrogens (tertiary/aromatic N) is 2. The zero-order valence-electron chi connectivity index (χ0n) is 13.4. The van der Waals surface area contributed by atoms with Crippen molar-refractivity contribution in [3.63, 3.8) is 0 Å². The van der Waals surface area contributed by atoms with Gasteiger partial charge in [0.25, 0.3) is 0 Å². The lowest BCUT2D eigenvalue weighted by Crippen LogP contribution is -2.59. The molecule has 2 heterocycles. The van der Waals surface area contributed by atoms with Crippen molar-refractivity contribution in [1.29, 1.82) is 0 Å². The SMILES string of the molecule is NCC1(C(=O)N2CCN3CCCCC3C2)CCCCCC1. The van der Waals surface area contributed by atoms with Crippen molar-refractivity contribution in [2.24, 2.45) is 11.1 Å². The van der Waals surface area contributed by atoms with Gasteiger partial charge in [0.15, 0.2) is 0 Å². The van der Waals surface area contributed by atoms with Gasteiger partial charge in [0.1, 0.15) is 0 Å². The summed E-state index contributed by atoms with van der Waals surface area (Å²) in [6.07, 6.45) is 10.8. The standard InChI is InChI=1S/C17H31N3O/c18-14-17(8-4-1-2-5-9-17)16(21)20-12-11-19-10-6-3-7-15(19)13-20/h15H,1-14,18H2. The topological polar surface area (TPSA) is 49.6 Å². The summed E-state index contributed by atoms with van der Waals surface area (Å²) in [4.78, 5) is 17.9. The largest absolute Gasteiger partial charge is 0.339 e. The molecule has 0 radical (unpaired) electrons. The summed E-state index contributed by atoms with van der Waals surface area (Å²) in [7, 11) is 0. The Morgan fingerprint density at radius 1 is 1.00 bits per heavy atom. The van der Waals surface area contributed by atoms with E-state index >= 15 is 0 Å². The Morgan fingerprint density at radius 2 is 1.76 bits per heavy atom. The summed E-state index contributed by atoms with van der Waals surface area (Å²) in [5.74, 6) is 0.372. The molecule has 2 saturated heterocycles. The molecule has 3 aliphatic rings. The van der Waals surface area contributed by atoms with Gasteiger partial charge in [-0.15, -0.1) is 0 Å². The first-order valence-corrected chi connectivity index (χ1v) is 8.99. The molecule has 2 N–H and O–H groups in total. The van der Waals surface area contributed by atoms with Gasteiger partial charge in [-0.25, -0.2) is 0 Å². The van der Waals surface area contributed by atoms with E-state index in [0.29, 0.717) is 18.5 Å². The number of rotatable bonds is 2. The number of fused-ring (bicyclic) bond motifs is 1. The van der Waals surface area contributed by atoms with Crippen molar-refractivity contribution in [2.45, 2.75) is 63.8 Å². The second-order valence-electron chi connectivity index (χ2n) is 7.34. The molecule has 0 aromatic carbocycles. The van der Waals surface area contributed by atoms with Crippen LogP contribution in [0.5, 0.6) is 0 Å². The quantitative estimate of drug-likeness (QED) is 0.792. The van der Waals surface area contributed by atoms with E-state index in [4.69, 9.17) is 5.73 Å². The van der Waals surface area contributed by atoms with E-state index in [-0.39, 0.29) is 5.41 Å². The number of hydrogen-bond donors (Lipinski definition) is 1. The Balaban J connectivity index is 1.68. The molecule has 21 heavy (non-hydrogen) atoms. The maximum Gasteiger partial charge on any atom is 0.230 e. The zero-order valence-corrected chi connectivity index (χ0v) is 13.4. The van der Waals surface area contributed by atoms with Crippen molar-refractivity contribution in [2.75, 3.05) is 32.7 Å². The maximum atomic E-state index is 13.2. The minimum Gasteiger partial charge on any atom is -0.339 e. The minimum atomic E-state index is -0.243. The second kappa shape index (κ2) is 6.66. The summed E-state index contributed by atoms with van der Waals surface area (Å²) < 4.78 is 0. The van der Waals surface area contributed by atoms with Crippen LogP contribution in [0.4, 0.5) is 0 Å². The minimum absolute atomic E-state index is 0.243. The molecular formula is C17H31N3O. The van der Waals surface area contributed by atoms with Crippen molar-refractivity contribution >= 4 is 5.91 Å². The van der Waals surface area contributed by atoms with Crippen LogP contribution in [0.2, 0.25) is 0 Å². The predicted octanol–water partition coefficient (Wildman–Crippen LogP) is 1.98. The number of carbonyl (C=O) groups excluding carboxylic acids is 1. The average molecular weight is 293 g/mol. The van der Waals surface area contributed by atoms with Gasteiger partial charge in [-0.1, -0.05) is 32.1 Å². The second-order valence-corrected chi connectivity index (χ2v) is 7.34. The van der Waals surface area contributed by atoms with E-state index in [1.54, 1.807) is 0 Å². The number of nitrogens with two attached hydrogens (primary N) is 1. The van der Waals surface area contributed by atoms with Gasteiger partial charge in [0.05, 0.1) is 5.41 Å². The highest BCUT2D eigenvalue weighted by molar-refractivity contribution is 5.83. The number of hydrogen-bond acceptors (Lipinski definition) is 3. The maximum absolute atomic E-state index is 13.2. The van der Waals surface area contributed by atoms with E-state index in [2.05, 4.69) is 9.80 Å². The lowest BCUT2D eigenvalue weighted by atomic mass is 9.78. The molecule has 0 aromatic heterocycles. The van der Waals surface area contributed by atoms with E-state index in [1.165, 1.54) is 51.5 Å². The molecule has 120 valence electrons. The molecule has 1 saturated carbocycles. The average Bonchev–Trinajstić information content (AvgIpc) is 2.80. The molecule has 1 unspecified atom stereocenters. The first-order chi connectivity index (χ1) is 10.2. The lowest BCUT2D eigenvalue weighted by Gasteiger charge is -2.46. The summed E-state index contributed by atoms with van der Waals surface area (Å²) in [6.45, 7) is 4.69. The number of piperidine rings is 1. The summed E-state index contributed by atoms with van der Waals surface area (Å²) >= 11 is 0. The highest BCUT2D eigenvalue weighted by Gasteiger charge is 2.42. The molecule has 2 aliphatic heterocycles.